The average Bonchev–Trinajstić information content (AvgIpc) is 3.44. The average molecular weight is 386 g/mol. The molecule has 29 heavy (non-hydrogen) atoms. The molecule has 0 bridgehead atoms. The van der Waals surface area contributed by atoms with Crippen LogP contribution in [0.4, 0.5) is 0 Å². The van der Waals surface area contributed by atoms with E-state index < -0.39 is 0 Å². The second-order valence-corrected chi connectivity index (χ2v) is 7.84. The van der Waals surface area contributed by atoms with Gasteiger partial charge in [-0.05, 0) is 43.9 Å². The predicted molar refractivity (Wildman–Crippen MR) is 113 cm³/mol. The Morgan fingerprint density at radius 2 is 1.83 bits per heavy atom. The lowest BCUT2D eigenvalue weighted by atomic mass is 10.1. The van der Waals surface area contributed by atoms with Crippen molar-refractivity contribution in [1.29, 1.82) is 0 Å². The summed E-state index contributed by atoms with van der Waals surface area (Å²) in [6.07, 6.45) is 3.39. The Kier molecular flexibility index (Phi) is 4.01. The Labute approximate surface area is 167 Å². The normalized spacial score (nSPS) is 13.9. The molecule has 0 amide bonds. The van der Waals surface area contributed by atoms with Gasteiger partial charge in [-0.15, -0.1) is 0 Å². The molecular formula is C23H22N4O2. The number of nitrogens with zero attached hydrogens (tertiary/aromatic N) is 4. The highest BCUT2D eigenvalue weighted by molar-refractivity contribution is 5.73. The third-order valence-electron chi connectivity index (χ3n) is 5.55. The van der Waals surface area contributed by atoms with E-state index in [1.807, 2.05) is 60.9 Å². The summed E-state index contributed by atoms with van der Waals surface area (Å²) in [4.78, 5) is 31.2. The molecule has 0 aliphatic heterocycles. The maximum atomic E-state index is 13.3. The first-order chi connectivity index (χ1) is 14.0. The highest BCUT2D eigenvalue weighted by Crippen LogP contribution is 2.32. The molecule has 1 aliphatic rings. The molecule has 1 aliphatic carbocycles. The summed E-state index contributed by atoms with van der Waals surface area (Å²) in [5.74, 6) is 0. The Hall–Kier alpha value is -3.41. The van der Waals surface area contributed by atoms with Gasteiger partial charge in [0.25, 0.3) is 5.56 Å². The quantitative estimate of drug-likeness (QED) is 0.540. The van der Waals surface area contributed by atoms with Gasteiger partial charge in [0.2, 0.25) is 0 Å². The summed E-state index contributed by atoms with van der Waals surface area (Å²) in [7, 11) is 0. The lowest BCUT2D eigenvalue weighted by Gasteiger charge is -2.14. The predicted octanol–water partition coefficient (Wildman–Crippen LogP) is 3.35. The lowest BCUT2D eigenvalue weighted by molar-refractivity contribution is 0.638. The summed E-state index contributed by atoms with van der Waals surface area (Å²) < 4.78 is 4.87. The van der Waals surface area contributed by atoms with Crippen LogP contribution in [0.2, 0.25) is 0 Å². The van der Waals surface area contributed by atoms with Gasteiger partial charge in [0.1, 0.15) is 0 Å². The number of para-hydroxylation sites is 1. The minimum absolute atomic E-state index is 0.0167. The third kappa shape index (κ3) is 2.92. The Morgan fingerprint density at radius 1 is 1.03 bits per heavy atom. The van der Waals surface area contributed by atoms with Gasteiger partial charge in [0, 0.05) is 12.6 Å². The van der Waals surface area contributed by atoms with Crippen LogP contribution >= 0.6 is 0 Å². The molecule has 1 fully saturated rings. The first-order valence-corrected chi connectivity index (χ1v) is 9.88. The van der Waals surface area contributed by atoms with E-state index in [0.29, 0.717) is 17.7 Å². The fraction of sp³-hybridized carbons (Fsp3) is 0.261. The van der Waals surface area contributed by atoms with Gasteiger partial charge >= 0.3 is 5.69 Å². The van der Waals surface area contributed by atoms with E-state index in [2.05, 4.69) is 11.1 Å². The van der Waals surface area contributed by atoms with Crippen LogP contribution < -0.4 is 11.2 Å². The summed E-state index contributed by atoms with van der Waals surface area (Å²) >= 11 is 0. The number of hydrogen-bond donors (Lipinski definition) is 0. The number of benzene rings is 2. The molecule has 2 heterocycles. The second-order valence-electron chi connectivity index (χ2n) is 7.84. The largest absolute Gasteiger partial charge is 0.337 e. The van der Waals surface area contributed by atoms with Crippen LogP contribution in [0, 0.1) is 13.8 Å². The van der Waals surface area contributed by atoms with Gasteiger partial charge < -0.3 is 4.57 Å². The van der Waals surface area contributed by atoms with Gasteiger partial charge in [-0.1, -0.05) is 48.0 Å². The number of hydrogen-bond acceptors (Lipinski definition) is 3. The molecule has 5 rings (SSSR count). The standard InChI is InChI=1S/C23H22N4O2/c1-15-6-5-8-17(12-15)13-25-14-24-21-20(25)22(28)26(18-10-11-18)23(29)27(21)19-9-4-3-7-16(19)2/h3-9,12,14,18H,10-11,13H2,1-2H3. The van der Waals surface area contributed by atoms with Gasteiger partial charge in [0.15, 0.2) is 11.2 Å². The van der Waals surface area contributed by atoms with Crippen LogP contribution in [-0.4, -0.2) is 18.7 Å². The molecule has 6 heteroatoms. The zero-order valence-corrected chi connectivity index (χ0v) is 16.5. The molecule has 0 atom stereocenters. The van der Waals surface area contributed by atoms with Crippen LogP contribution in [0.1, 0.15) is 35.6 Å². The van der Waals surface area contributed by atoms with Crippen molar-refractivity contribution in [2.24, 2.45) is 0 Å². The van der Waals surface area contributed by atoms with Crippen LogP contribution in [-0.2, 0) is 6.54 Å². The number of aromatic nitrogens is 4. The van der Waals surface area contributed by atoms with Crippen molar-refractivity contribution in [3.05, 3.63) is 92.4 Å². The maximum Gasteiger partial charge on any atom is 0.337 e. The van der Waals surface area contributed by atoms with Crippen molar-refractivity contribution >= 4 is 11.2 Å². The van der Waals surface area contributed by atoms with E-state index in [0.717, 1.165) is 29.7 Å². The monoisotopic (exact) mass is 386 g/mol. The lowest BCUT2D eigenvalue weighted by Crippen LogP contribution is -2.39. The molecule has 2 aromatic carbocycles. The number of fused-ring (bicyclic) bond motifs is 1. The van der Waals surface area contributed by atoms with Crippen molar-refractivity contribution in [2.75, 3.05) is 0 Å². The highest BCUT2D eigenvalue weighted by Gasteiger charge is 2.30. The van der Waals surface area contributed by atoms with Crippen LogP contribution in [0.15, 0.2) is 64.4 Å². The Bertz CT molecular complexity index is 1360. The summed E-state index contributed by atoms with van der Waals surface area (Å²) in [6, 6.07) is 15.9. The SMILES string of the molecule is Cc1cccc(Cn2cnc3c2c(=O)n(C2CC2)c(=O)n3-c2ccccc2C)c1. The molecule has 0 unspecified atom stereocenters. The first kappa shape index (κ1) is 17.7. The highest BCUT2D eigenvalue weighted by atomic mass is 16.2. The summed E-state index contributed by atoms with van der Waals surface area (Å²) in [5, 5.41) is 0. The molecule has 0 saturated heterocycles. The molecular weight excluding hydrogens is 364 g/mol. The number of imidazole rings is 1. The molecule has 2 aromatic heterocycles. The number of rotatable bonds is 4. The van der Waals surface area contributed by atoms with Gasteiger partial charge in [-0.25, -0.2) is 14.3 Å². The van der Waals surface area contributed by atoms with Crippen molar-refractivity contribution < 1.29 is 0 Å². The van der Waals surface area contributed by atoms with Crippen LogP contribution in [0.3, 0.4) is 0 Å². The third-order valence-corrected chi connectivity index (χ3v) is 5.55. The molecule has 0 radical (unpaired) electrons. The maximum absolute atomic E-state index is 13.3. The molecule has 0 N–H and O–H groups in total. The van der Waals surface area contributed by atoms with Crippen molar-refractivity contribution in [2.45, 2.75) is 39.3 Å². The van der Waals surface area contributed by atoms with Gasteiger partial charge in [-0.3, -0.25) is 9.36 Å². The smallest absolute Gasteiger partial charge is 0.320 e. The zero-order chi connectivity index (χ0) is 20.1. The first-order valence-electron chi connectivity index (χ1n) is 9.88. The Morgan fingerprint density at radius 3 is 2.55 bits per heavy atom. The minimum Gasteiger partial charge on any atom is -0.320 e. The summed E-state index contributed by atoms with van der Waals surface area (Å²) in [6.45, 7) is 4.54. The minimum atomic E-state index is -0.305. The molecule has 6 nitrogen and oxygen atoms in total. The van der Waals surface area contributed by atoms with Crippen molar-refractivity contribution in [1.82, 2.24) is 18.7 Å². The van der Waals surface area contributed by atoms with Crippen molar-refractivity contribution in [3.8, 4) is 5.69 Å². The van der Waals surface area contributed by atoms with Crippen LogP contribution in [0.5, 0.6) is 0 Å². The summed E-state index contributed by atoms with van der Waals surface area (Å²) in [5.41, 5.74) is 4.32. The fourth-order valence-electron chi connectivity index (χ4n) is 3.97. The van der Waals surface area contributed by atoms with Crippen LogP contribution in [0.25, 0.3) is 16.9 Å². The number of aryl methyl sites for hydroxylation is 2. The van der Waals surface area contributed by atoms with E-state index in [4.69, 9.17) is 0 Å². The molecule has 146 valence electrons. The molecule has 0 spiro atoms. The topological polar surface area (TPSA) is 61.8 Å². The fourth-order valence-corrected chi connectivity index (χ4v) is 3.97. The second kappa shape index (κ2) is 6.58. The van der Waals surface area contributed by atoms with E-state index in [1.54, 1.807) is 10.9 Å². The van der Waals surface area contributed by atoms with Crippen molar-refractivity contribution in [3.63, 3.8) is 0 Å². The zero-order valence-electron chi connectivity index (χ0n) is 16.5. The van der Waals surface area contributed by atoms with E-state index in [-0.39, 0.29) is 17.3 Å². The van der Waals surface area contributed by atoms with E-state index >= 15 is 0 Å². The van der Waals surface area contributed by atoms with Gasteiger partial charge in [0.05, 0.1) is 12.0 Å². The molecule has 4 aromatic rings. The Balaban J connectivity index is 1.80. The molecule has 1 saturated carbocycles. The van der Waals surface area contributed by atoms with E-state index in [9.17, 15) is 9.59 Å². The van der Waals surface area contributed by atoms with Gasteiger partial charge in [-0.2, -0.15) is 0 Å². The van der Waals surface area contributed by atoms with E-state index in [1.165, 1.54) is 10.1 Å².